The van der Waals surface area contributed by atoms with Crippen LogP contribution in [0.4, 0.5) is 21.9 Å². The number of alkyl carbamates (subject to hydrolysis) is 1. The third kappa shape index (κ3) is 7.32. The fraction of sp³-hybridized carbons (Fsp3) is 0.286. The van der Waals surface area contributed by atoms with E-state index in [0.29, 0.717) is 41.5 Å². The number of hydrogen-bond donors (Lipinski definition) is 3. The Balaban J connectivity index is 1.41. The van der Waals surface area contributed by atoms with Gasteiger partial charge in [-0.15, -0.1) is 0 Å². The van der Waals surface area contributed by atoms with Gasteiger partial charge in [0, 0.05) is 41.0 Å². The maximum absolute atomic E-state index is 13.0. The molecule has 0 saturated carbocycles. The number of carbonyl (C=O) groups is 4. The lowest BCUT2D eigenvalue weighted by Crippen LogP contribution is -2.53. The zero-order valence-electron chi connectivity index (χ0n) is 22.2. The summed E-state index contributed by atoms with van der Waals surface area (Å²) in [7, 11) is 0. The summed E-state index contributed by atoms with van der Waals surface area (Å²) >= 11 is 5.89. The average molecular weight is 565 g/mol. The first-order valence-electron chi connectivity index (χ1n) is 12.6. The monoisotopic (exact) mass is 564 g/mol. The molecule has 11 nitrogen and oxygen atoms in total. The zero-order valence-corrected chi connectivity index (χ0v) is 23.0. The van der Waals surface area contributed by atoms with Crippen molar-refractivity contribution >= 4 is 52.5 Å². The van der Waals surface area contributed by atoms with Crippen LogP contribution >= 0.6 is 11.6 Å². The Labute approximate surface area is 236 Å². The van der Waals surface area contributed by atoms with E-state index in [-0.39, 0.29) is 17.3 Å². The largest absolute Gasteiger partial charge is 0.444 e. The molecule has 208 valence electrons. The fourth-order valence-corrected chi connectivity index (χ4v) is 4.15. The molecular formula is C28H29ClN6O5. The summed E-state index contributed by atoms with van der Waals surface area (Å²) in [6.07, 6.45) is 3.20. The van der Waals surface area contributed by atoms with E-state index in [2.05, 4.69) is 25.9 Å². The van der Waals surface area contributed by atoms with Crippen LogP contribution in [0.3, 0.4) is 0 Å². The summed E-state index contributed by atoms with van der Waals surface area (Å²) in [5.41, 5.74) is 0.554. The Hall–Kier alpha value is -4.51. The summed E-state index contributed by atoms with van der Waals surface area (Å²) in [4.78, 5) is 60.7. The molecule has 0 radical (unpaired) electrons. The van der Waals surface area contributed by atoms with Gasteiger partial charge in [0.15, 0.2) is 11.4 Å². The molecule has 3 N–H and O–H groups in total. The zero-order chi connectivity index (χ0) is 28.9. The fourth-order valence-electron chi connectivity index (χ4n) is 4.02. The van der Waals surface area contributed by atoms with Crippen molar-refractivity contribution in [3.63, 3.8) is 0 Å². The van der Waals surface area contributed by atoms with E-state index < -0.39 is 29.6 Å². The maximum Gasteiger partial charge on any atom is 0.408 e. The molecule has 3 aromatic rings. The number of amides is 4. The average Bonchev–Trinajstić information content (AvgIpc) is 2.90. The molecule has 1 saturated heterocycles. The number of nitrogens with zero attached hydrogens (tertiary/aromatic N) is 3. The SMILES string of the molecule is CC(C)(C)OC(=O)NC1CCCN(c2ccc(NC(=O)c3nccnc3C(=O)Nc3ccc(Cl)cc3)cc2)C1=O. The third-order valence-electron chi connectivity index (χ3n) is 5.80. The quantitative estimate of drug-likeness (QED) is 0.395. The number of nitrogens with one attached hydrogen (secondary N) is 3. The molecule has 2 aromatic carbocycles. The van der Waals surface area contributed by atoms with Gasteiger partial charge >= 0.3 is 6.09 Å². The van der Waals surface area contributed by atoms with Gasteiger partial charge in [0.1, 0.15) is 11.6 Å². The first-order valence-corrected chi connectivity index (χ1v) is 13.0. The molecule has 1 unspecified atom stereocenters. The number of halogens is 1. The second-order valence-corrected chi connectivity index (χ2v) is 10.5. The lowest BCUT2D eigenvalue weighted by atomic mass is 10.0. The number of aromatic nitrogens is 2. The number of anilines is 3. The molecule has 4 amide bonds. The Bertz CT molecular complexity index is 1410. The summed E-state index contributed by atoms with van der Waals surface area (Å²) < 4.78 is 5.28. The number of rotatable bonds is 6. The minimum Gasteiger partial charge on any atom is -0.444 e. The van der Waals surface area contributed by atoms with E-state index in [1.807, 2.05) is 0 Å². The number of hydrogen-bond acceptors (Lipinski definition) is 7. The van der Waals surface area contributed by atoms with E-state index in [9.17, 15) is 19.2 Å². The van der Waals surface area contributed by atoms with E-state index in [1.54, 1.807) is 74.2 Å². The third-order valence-corrected chi connectivity index (χ3v) is 6.05. The molecule has 1 aromatic heterocycles. The van der Waals surface area contributed by atoms with Crippen LogP contribution in [0.15, 0.2) is 60.9 Å². The van der Waals surface area contributed by atoms with Crippen molar-refractivity contribution in [2.24, 2.45) is 0 Å². The van der Waals surface area contributed by atoms with Crippen LogP contribution < -0.4 is 20.9 Å². The molecule has 1 fully saturated rings. The van der Waals surface area contributed by atoms with Gasteiger partial charge in [0.05, 0.1) is 0 Å². The van der Waals surface area contributed by atoms with Gasteiger partial charge in [-0.05, 0) is 82.1 Å². The number of piperidine rings is 1. The van der Waals surface area contributed by atoms with Crippen molar-refractivity contribution in [3.05, 3.63) is 77.3 Å². The van der Waals surface area contributed by atoms with Crippen LogP contribution in [0.25, 0.3) is 0 Å². The first-order chi connectivity index (χ1) is 19.0. The highest BCUT2D eigenvalue weighted by Crippen LogP contribution is 2.24. The number of benzene rings is 2. The minimum absolute atomic E-state index is 0.144. The van der Waals surface area contributed by atoms with Crippen molar-refractivity contribution in [1.29, 1.82) is 0 Å². The summed E-state index contributed by atoms with van der Waals surface area (Å²) in [5.74, 6) is -1.48. The predicted octanol–water partition coefficient (Wildman–Crippen LogP) is 4.65. The molecule has 1 aliphatic rings. The van der Waals surface area contributed by atoms with Gasteiger partial charge in [-0.3, -0.25) is 14.4 Å². The lowest BCUT2D eigenvalue weighted by molar-refractivity contribution is -0.121. The molecule has 0 bridgehead atoms. The molecule has 1 aliphatic heterocycles. The smallest absolute Gasteiger partial charge is 0.408 e. The highest BCUT2D eigenvalue weighted by atomic mass is 35.5. The standard InChI is InChI=1S/C28H29ClN6O5/c1-28(2,3)40-27(39)34-21-5-4-16-35(26(21)38)20-12-10-19(11-13-20)33-25(37)23-22(30-14-15-31-23)24(36)32-18-8-6-17(29)7-9-18/h6-15,21H,4-5,16H2,1-3H3,(H,32,36)(H,33,37)(H,34,39). The minimum atomic E-state index is -0.697. The van der Waals surface area contributed by atoms with E-state index in [4.69, 9.17) is 16.3 Å². The van der Waals surface area contributed by atoms with E-state index >= 15 is 0 Å². The van der Waals surface area contributed by atoms with Crippen molar-refractivity contribution in [1.82, 2.24) is 15.3 Å². The van der Waals surface area contributed by atoms with Gasteiger partial charge in [0.2, 0.25) is 5.91 Å². The Morgan fingerprint density at radius 1 is 0.900 bits per heavy atom. The topological polar surface area (TPSA) is 143 Å². The molecule has 12 heteroatoms. The highest BCUT2D eigenvalue weighted by molar-refractivity contribution is 6.30. The van der Waals surface area contributed by atoms with E-state index in [1.165, 1.54) is 12.4 Å². The second-order valence-electron chi connectivity index (χ2n) is 10.0. The Morgan fingerprint density at radius 3 is 1.95 bits per heavy atom. The van der Waals surface area contributed by atoms with Gasteiger partial charge in [-0.25, -0.2) is 14.8 Å². The lowest BCUT2D eigenvalue weighted by Gasteiger charge is -2.33. The first kappa shape index (κ1) is 28.5. The molecule has 0 aliphatic carbocycles. The molecule has 4 rings (SSSR count). The van der Waals surface area contributed by atoms with Crippen LogP contribution in [-0.2, 0) is 9.53 Å². The molecule has 0 spiro atoms. The Kier molecular flexibility index (Phi) is 8.64. The van der Waals surface area contributed by atoms with E-state index in [0.717, 1.165) is 0 Å². The van der Waals surface area contributed by atoms with Crippen molar-refractivity contribution in [2.45, 2.75) is 45.3 Å². The number of carbonyl (C=O) groups excluding carboxylic acids is 4. The predicted molar refractivity (Wildman–Crippen MR) is 151 cm³/mol. The highest BCUT2D eigenvalue weighted by Gasteiger charge is 2.32. The van der Waals surface area contributed by atoms with Crippen LogP contribution in [0.2, 0.25) is 5.02 Å². The summed E-state index contributed by atoms with van der Waals surface area (Å²) in [6.45, 7) is 5.75. The normalized spacial score (nSPS) is 15.2. The van der Waals surface area contributed by atoms with Crippen LogP contribution in [0.5, 0.6) is 0 Å². The van der Waals surface area contributed by atoms with Gasteiger partial charge in [-0.2, -0.15) is 0 Å². The summed E-state index contributed by atoms with van der Waals surface area (Å²) in [6, 6.07) is 12.5. The Morgan fingerprint density at radius 2 is 1.43 bits per heavy atom. The van der Waals surface area contributed by atoms with Crippen molar-refractivity contribution in [3.8, 4) is 0 Å². The molecule has 1 atom stereocenters. The van der Waals surface area contributed by atoms with Gasteiger partial charge in [-0.1, -0.05) is 11.6 Å². The van der Waals surface area contributed by atoms with Crippen molar-refractivity contribution < 1.29 is 23.9 Å². The van der Waals surface area contributed by atoms with Gasteiger partial charge in [0.25, 0.3) is 11.8 Å². The van der Waals surface area contributed by atoms with Gasteiger partial charge < -0.3 is 25.6 Å². The maximum atomic E-state index is 13.0. The van der Waals surface area contributed by atoms with Crippen molar-refractivity contribution in [2.75, 3.05) is 22.1 Å². The molecule has 40 heavy (non-hydrogen) atoms. The summed E-state index contributed by atoms with van der Waals surface area (Å²) in [5, 5.41) is 8.54. The second kappa shape index (κ2) is 12.1. The van der Waals surface area contributed by atoms with Crippen LogP contribution in [0, 0.1) is 0 Å². The number of ether oxygens (including phenoxy) is 1. The molecule has 2 heterocycles. The molecular weight excluding hydrogens is 536 g/mol. The van der Waals surface area contributed by atoms with Crippen LogP contribution in [0.1, 0.15) is 54.6 Å². The van der Waals surface area contributed by atoms with Crippen LogP contribution in [-0.4, -0.2) is 52.0 Å².